The highest BCUT2D eigenvalue weighted by Crippen LogP contribution is 2.20. The highest BCUT2D eigenvalue weighted by molar-refractivity contribution is 7.99. The standard InChI is InChI=1S/C19H17ClN2O2S/c1-2-11-22-18(24)15-5-3-4-6-16(15)21-19(22)25-12-17(23)13-7-9-14(20)10-8-13/h3-10H,2,11-12H2,1H3. The maximum atomic E-state index is 12.7. The van der Waals surface area contributed by atoms with Gasteiger partial charge in [-0.3, -0.25) is 14.2 Å². The molecule has 1 heterocycles. The van der Waals surface area contributed by atoms with Crippen molar-refractivity contribution >= 4 is 40.0 Å². The van der Waals surface area contributed by atoms with E-state index in [0.717, 1.165) is 6.42 Å². The van der Waals surface area contributed by atoms with Gasteiger partial charge in [-0.2, -0.15) is 0 Å². The molecule has 0 saturated heterocycles. The molecule has 2 aromatic carbocycles. The monoisotopic (exact) mass is 372 g/mol. The van der Waals surface area contributed by atoms with E-state index < -0.39 is 0 Å². The van der Waals surface area contributed by atoms with Crippen LogP contribution in [0, 0.1) is 0 Å². The summed E-state index contributed by atoms with van der Waals surface area (Å²) in [4.78, 5) is 29.7. The summed E-state index contributed by atoms with van der Waals surface area (Å²) < 4.78 is 1.65. The first-order valence-corrected chi connectivity index (χ1v) is 9.37. The van der Waals surface area contributed by atoms with Crippen molar-refractivity contribution in [3.8, 4) is 0 Å². The normalized spacial score (nSPS) is 11.0. The number of para-hydroxylation sites is 1. The number of Topliss-reactive ketones (excluding diaryl/α,β-unsaturated/α-hetero) is 1. The number of thioether (sulfide) groups is 1. The molecule has 4 nitrogen and oxygen atoms in total. The van der Waals surface area contributed by atoms with Crippen LogP contribution in [-0.4, -0.2) is 21.1 Å². The van der Waals surface area contributed by atoms with E-state index in [-0.39, 0.29) is 17.1 Å². The fraction of sp³-hybridized carbons (Fsp3) is 0.211. The lowest BCUT2D eigenvalue weighted by Crippen LogP contribution is -2.23. The molecule has 0 amide bonds. The van der Waals surface area contributed by atoms with Crippen molar-refractivity contribution in [2.75, 3.05) is 5.75 Å². The van der Waals surface area contributed by atoms with Crippen LogP contribution in [0.2, 0.25) is 5.02 Å². The lowest BCUT2D eigenvalue weighted by Gasteiger charge is -2.12. The molecule has 0 spiro atoms. The van der Waals surface area contributed by atoms with Crippen molar-refractivity contribution in [3.63, 3.8) is 0 Å². The molecule has 128 valence electrons. The minimum Gasteiger partial charge on any atom is -0.293 e. The van der Waals surface area contributed by atoms with Crippen molar-refractivity contribution in [3.05, 3.63) is 69.5 Å². The van der Waals surface area contributed by atoms with Crippen LogP contribution in [0.15, 0.2) is 58.5 Å². The zero-order valence-electron chi connectivity index (χ0n) is 13.7. The Bertz CT molecular complexity index is 967. The Morgan fingerprint density at radius 2 is 1.88 bits per heavy atom. The molecule has 6 heteroatoms. The third kappa shape index (κ3) is 3.94. The van der Waals surface area contributed by atoms with Crippen molar-refractivity contribution in [1.29, 1.82) is 0 Å². The van der Waals surface area contributed by atoms with Crippen LogP contribution < -0.4 is 5.56 Å². The number of hydrogen-bond acceptors (Lipinski definition) is 4. The Morgan fingerprint density at radius 1 is 1.16 bits per heavy atom. The van der Waals surface area contributed by atoms with E-state index >= 15 is 0 Å². The average Bonchev–Trinajstić information content (AvgIpc) is 2.63. The first kappa shape index (κ1) is 17.7. The minimum atomic E-state index is -0.0612. The van der Waals surface area contributed by atoms with Gasteiger partial charge in [0.25, 0.3) is 5.56 Å². The molecule has 0 radical (unpaired) electrons. The van der Waals surface area contributed by atoms with Crippen molar-refractivity contribution in [2.24, 2.45) is 0 Å². The maximum absolute atomic E-state index is 12.7. The molecule has 3 rings (SSSR count). The fourth-order valence-electron chi connectivity index (χ4n) is 2.53. The SMILES string of the molecule is CCCn1c(SCC(=O)c2ccc(Cl)cc2)nc2ccccc2c1=O. The van der Waals surface area contributed by atoms with Gasteiger partial charge in [-0.1, -0.05) is 42.4 Å². The number of rotatable bonds is 6. The van der Waals surface area contributed by atoms with Gasteiger partial charge in [0.1, 0.15) is 0 Å². The second kappa shape index (κ2) is 7.85. The van der Waals surface area contributed by atoms with Crippen molar-refractivity contribution < 1.29 is 4.79 Å². The van der Waals surface area contributed by atoms with Gasteiger partial charge in [0.2, 0.25) is 0 Å². The first-order chi connectivity index (χ1) is 12.1. The highest BCUT2D eigenvalue weighted by Gasteiger charge is 2.13. The third-order valence-electron chi connectivity index (χ3n) is 3.77. The summed E-state index contributed by atoms with van der Waals surface area (Å²) in [5.74, 6) is 0.197. The number of benzene rings is 2. The number of halogens is 1. The molecular formula is C19H17ClN2O2S. The molecule has 0 bridgehead atoms. The molecule has 0 aliphatic rings. The van der Waals surface area contributed by atoms with Crippen LogP contribution in [0.3, 0.4) is 0 Å². The number of nitrogens with zero attached hydrogens (tertiary/aromatic N) is 2. The average molecular weight is 373 g/mol. The molecule has 3 aromatic rings. The van der Waals surface area contributed by atoms with Gasteiger partial charge in [0.15, 0.2) is 10.9 Å². The molecule has 0 saturated carbocycles. The first-order valence-electron chi connectivity index (χ1n) is 8.01. The molecule has 25 heavy (non-hydrogen) atoms. The Kier molecular flexibility index (Phi) is 5.56. The second-order valence-corrected chi connectivity index (χ2v) is 6.97. The largest absolute Gasteiger partial charge is 0.293 e. The van der Waals surface area contributed by atoms with E-state index in [2.05, 4.69) is 4.98 Å². The quantitative estimate of drug-likeness (QED) is 0.365. The summed E-state index contributed by atoms with van der Waals surface area (Å²) in [7, 11) is 0. The Morgan fingerprint density at radius 3 is 2.60 bits per heavy atom. The maximum Gasteiger partial charge on any atom is 0.262 e. The molecule has 1 aromatic heterocycles. The summed E-state index contributed by atoms with van der Waals surface area (Å²) in [6.45, 7) is 2.59. The Hall–Kier alpha value is -2.11. The number of carbonyl (C=O) groups is 1. The van der Waals surface area contributed by atoms with Crippen LogP contribution in [0.5, 0.6) is 0 Å². The van der Waals surface area contributed by atoms with Gasteiger partial charge in [0.05, 0.1) is 16.7 Å². The summed E-state index contributed by atoms with van der Waals surface area (Å²) >= 11 is 7.15. The van der Waals surface area contributed by atoms with E-state index in [4.69, 9.17) is 11.6 Å². The highest BCUT2D eigenvalue weighted by atomic mass is 35.5. The van der Waals surface area contributed by atoms with Gasteiger partial charge in [-0.25, -0.2) is 4.98 Å². The molecule has 0 fully saturated rings. The zero-order valence-corrected chi connectivity index (χ0v) is 15.3. The zero-order chi connectivity index (χ0) is 17.8. The van der Waals surface area contributed by atoms with E-state index in [1.54, 1.807) is 34.9 Å². The van der Waals surface area contributed by atoms with Crippen LogP contribution >= 0.6 is 23.4 Å². The second-order valence-electron chi connectivity index (χ2n) is 5.59. The fourth-order valence-corrected chi connectivity index (χ4v) is 3.57. The minimum absolute atomic E-state index is 0.0212. The van der Waals surface area contributed by atoms with E-state index in [1.165, 1.54) is 11.8 Å². The molecule has 0 aliphatic heterocycles. The predicted molar refractivity (Wildman–Crippen MR) is 103 cm³/mol. The van der Waals surface area contributed by atoms with E-state index in [1.807, 2.05) is 25.1 Å². The summed E-state index contributed by atoms with van der Waals surface area (Å²) in [5.41, 5.74) is 1.19. The van der Waals surface area contributed by atoms with Crippen molar-refractivity contribution in [1.82, 2.24) is 9.55 Å². The summed E-state index contributed by atoms with van der Waals surface area (Å²) in [6, 6.07) is 14.1. The number of fused-ring (bicyclic) bond motifs is 1. The molecule has 0 aliphatic carbocycles. The van der Waals surface area contributed by atoms with Gasteiger partial charge in [0, 0.05) is 17.1 Å². The van der Waals surface area contributed by atoms with Gasteiger partial charge >= 0.3 is 0 Å². The van der Waals surface area contributed by atoms with Crippen LogP contribution in [0.4, 0.5) is 0 Å². The topological polar surface area (TPSA) is 52.0 Å². The van der Waals surface area contributed by atoms with E-state index in [0.29, 0.717) is 33.2 Å². The number of hydrogen-bond donors (Lipinski definition) is 0. The van der Waals surface area contributed by atoms with E-state index in [9.17, 15) is 9.59 Å². The predicted octanol–water partition coefficient (Wildman–Crippen LogP) is 4.43. The van der Waals surface area contributed by atoms with Gasteiger partial charge < -0.3 is 0 Å². The lowest BCUT2D eigenvalue weighted by atomic mass is 10.1. The Labute approximate surface area is 154 Å². The van der Waals surface area contributed by atoms with Crippen LogP contribution in [0.1, 0.15) is 23.7 Å². The smallest absolute Gasteiger partial charge is 0.262 e. The molecule has 0 unspecified atom stereocenters. The van der Waals surface area contributed by atoms with Gasteiger partial charge in [-0.05, 0) is 42.8 Å². The van der Waals surface area contributed by atoms with Gasteiger partial charge in [-0.15, -0.1) is 0 Å². The molecule has 0 N–H and O–H groups in total. The Balaban J connectivity index is 1.89. The van der Waals surface area contributed by atoms with Crippen LogP contribution in [0.25, 0.3) is 10.9 Å². The molecular weight excluding hydrogens is 356 g/mol. The van der Waals surface area contributed by atoms with Crippen molar-refractivity contribution in [2.45, 2.75) is 25.0 Å². The molecule has 0 atom stereocenters. The number of ketones is 1. The number of carbonyl (C=O) groups excluding carboxylic acids is 1. The lowest BCUT2D eigenvalue weighted by molar-refractivity contribution is 0.102. The van der Waals surface area contributed by atoms with Crippen LogP contribution in [-0.2, 0) is 6.54 Å². The summed E-state index contributed by atoms with van der Waals surface area (Å²) in [6.07, 6.45) is 0.818. The third-order valence-corrected chi connectivity index (χ3v) is 5.00. The summed E-state index contributed by atoms with van der Waals surface area (Å²) in [5, 5.41) is 1.77. The number of aromatic nitrogens is 2.